The number of hydrogen-bond acceptors (Lipinski definition) is 5. The third-order valence-corrected chi connectivity index (χ3v) is 7.53. The normalized spacial score (nSPS) is 22.5. The molecule has 25 heavy (non-hydrogen) atoms. The van der Waals surface area contributed by atoms with Gasteiger partial charge in [-0.2, -0.15) is 4.31 Å². The average Bonchev–Trinajstić information content (AvgIpc) is 2.62. The molecular weight excluding hydrogens is 336 g/mol. The molecule has 0 bridgehead atoms. The fraction of sp³-hybridized carbons (Fsp3) is 0.667. The van der Waals surface area contributed by atoms with Crippen molar-refractivity contribution in [3.63, 3.8) is 0 Å². The maximum atomic E-state index is 12.8. The van der Waals surface area contributed by atoms with E-state index in [4.69, 9.17) is 5.73 Å². The summed E-state index contributed by atoms with van der Waals surface area (Å²) in [6.07, 6.45) is 1.79. The Morgan fingerprint density at radius 2 is 1.60 bits per heavy atom. The summed E-state index contributed by atoms with van der Waals surface area (Å²) in [4.78, 5) is 5.28. The fourth-order valence-electron chi connectivity index (χ4n) is 3.92. The number of para-hydroxylation sites is 1. The highest BCUT2D eigenvalue weighted by molar-refractivity contribution is 7.89. The van der Waals surface area contributed by atoms with Crippen LogP contribution in [0.15, 0.2) is 29.2 Å². The Hall–Kier alpha value is -1.15. The highest BCUT2D eigenvalue weighted by Crippen LogP contribution is 2.26. The summed E-state index contributed by atoms with van der Waals surface area (Å²) in [5, 5.41) is 0. The van der Waals surface area contributed by atoms with E-state index in [1.807, 2.05) is 0 Å². The molecule has 0 spiro atoms. The minimum atomic E-state index is -3.49. The predicted octanol–water partition coefficient (Wildman–Crippen LogP) is 1.45. The third kappa shape index (κ3) is 4.00. The van der Waals surface area contributed by atoms with Crippen molar-refractivity contribution in [2.24, 2.45) is 0 Å². The highest BCUT2D eigenvalue weighted by Gasteiger charge is 2.33. The second kappa shape index (κ2) is 7.61. The van der Waals surface area contributed by atoms with Gasteiger partial charge in [-0.3, -0.25) is 9.80 Å². The summed E-state index contributed by atoms with van der Waals surface area (Å²) in [6.45, 7) is 10.0. The van der Waals surface area contributed by atoms with Gasteiger partial charge in [-0.25, -0.2) is 8.42 Å². The van der Waals surface area contributed by atoms with Crippen molar-refractivity contribution in [2.75, 3.05) is 45.0 Å². The van der Waals surface area contributed by atoms with E-state index < -0.39 is 10.0 Å². The van der Waals surface area contributed by atoms with E-state index in [0.29, 0.717) is 30.9 Å². The van der Waals surface area contributed by atoms with Crippen molar-refractivity contribution in [2.45, 2.75) is 43.7 Å². The van der Waals surface area contributed by atoms with Crippen LogP contribution in [-0.4, -0.2) is 73.9 Å². The maximum Gasteiger partial charge on any atom is 0.245 e. The first kappa shape index (κ1) is 18.6. The molecule has 2 aliphatic heterocycles. The first-order chi connectivity index (χ1) is 11.9. The minimum Gasteiger partial charge on any atom is -0.398 e. The van der Waals surface area contributed by atoms with Crippen molar-refractivity contribution < 1.29 is 8.42 Å². The number of anilines is 1. The lowest BCUT2D eigenvalue weighted by Gasteiger charge is -2.43. The number of benzene rings is 1. The van der Waals surface area contributed by atoms with Crippen molar-refractivity contribution >= 4 is 15.7 Å². The number of hydrogen-bond donors (Lipinski definition) is 1. The zero-order chi connectivity index (χ0) is 18.0. The Morgan fingerprint density at radius 1 is 1.00 bits per heavy atom. The number of rotatable bonds is 4. The zero-order valence-corrected chi connectivity index (χ0v) is 16.1. The van der Waals surface area contributed by atoms with Crippen molar-refractivity contribution in [1.29, 1.82) is 0 Å². The summed E-state index contributed by atoms with van der Waals surface area (Å²) in [5.41, 5.74) is 6.20. The lowest BCUT2D eigenvalue weighted by molar-refractivity contribution is 0.0593. The van der Waals surface area contributed by atoms with E-state index in [2.05, 4.69) is 23.6 Å². The van der Waals surface area contributed by atoms with Gasteiger partial charge < -0.3 is 5.73 Å². The van der Waals surface area contributed by atoms with Crippen LogP contribution in [0.5, 0.6) is 0 Å². The summed E-state index contributed by atoms with van der Waals surface area (Å²) >= 11 is 0. The Morgan fingerprint density at radius 3 is 2.16 bits per heavy atom. The van der Waals surface area contributed by atoms with Gasteiger partial charge in [0.2, 0.25) is 10.0 Å². The summed E-state index contributed by atoms with van der Waals surface area (Å²) in [5.74, 6) is 0. The molecule has 2 aliphatic rings. The van der Waals surface area contributed by atoms with Gasteiger partial charge in [0.25, 0.3) is 0 Å². The average molecular weight is 367 g/mol. The number of nitrogens with zero attached hydrogens (tertiary/aromatic N) is 3. The molecule has 0 unspecified atom stereocenters. The number of nitrogens with two attached hydrogens (primary N) is 1. The molecule has 140 valence electrons. The van der Waals surface area contributed by atoms with E-state index in [0.717, 1.165) is 39.0 Å². The predicted molar refractivity (Wildman–Crippen MR) is 101 cm³/mol. The molecule has 1 aromatic rings. The van der Waals surface area contributed by atoms with E-state index in [9.17, 15) is 8.42 Å². The van der Waals surface area contributed by atoms with Crippen LogP contribution in [-0.2, 0) is 10.0 Å². The molecule has 2 fully saturated rings. The molecule has 0 amide bonds. The van der Waals surface area contributed by atoms with E-state index in [1.165, 1.54) is 0 Å². The van der Waals surface area contributed by atoms with E-state index in [-0.39, 0.29) is 4.90 Å². The Labute approximate surface area is 151 Å². The summed E-state index contributed by atoms with van der Waals surface area (Å²) < 4.78 is 27.3. The van der Waals surface area contributed by atoms with Gasteiger partial charge in [-0.05, 0) is 38.8 Å². The van der Waals surface area contributed by atoms with Crippen LogP contribution in [0.3, 0.4) is 0 Å². The van der Waals surface area contributed by atoms with Crippen molar-refractivity contribution in [1.82, 2.24) is 14.1 Å². The molecule has 6 nitrogen and oxygen atoms in total. The molecule has 1 aromatic carbocycles. The Balaban J connectivity index is 1.58. The van der Waals surface area contributed by atoms with Gasteiger partial charge in [0.1, 0.15) is 4.90 Å². The smallest absolute Gasteiger partial charge is 0.245 e. The first-order valence-electron chi connectivity index (χ1n) is 9.22. The van der Waals surface area contributed by atoms with E-state index in [1.54, 1.807) is 28.6 Å². The number of nitrogen functional groups attached to an aromatic ring is 1. The quantitative estimate of drug-likeness (QED) is 0.817. The van der Waals surface area contributed by atoms with Gasteiger partial charge in [0, 0.05) is 51.4 Å². The Bertz CT molecular complexity index is 676. The lowest BCUT2D eigenvalue weighted by Crippen LogP contribution is -2.54. The molecular formula is C18H30N4O2S. The number of piperidine rings is 1. The molecule has 0 atom stereocenters. The standard InChI is InChI=1S/C18H30N4O2S/c1-15(2)20-11-13-21(14-12-20)16-7-9-22(10-8-16)25(23,24)18-6-4-3-5-17(18)19/h3-6,15-16H,7-14,19H2,1-2H3. The maximum absolute atomic E-state index is 12.8. The molecule has 3 rings (SSSR count). The molecule has 0 aromatic heterocycles. The second-order valence-corrected chi connectivity index (χ2v) is 9.25. The van der Waals surface area contributed by atoms with Gasteiger partial charge in [0.15, 0.2) is 0 Å². The van der Waals surface area contributed by atoms with Crippen LogP contribution in [0, 0.1) is 0 Å². The van der Waals surface area contributed by atoms with Crippen LogP contribution in [0.2, 0.25) is 0 Å². The zero-order valence-electron chi connectivity index (χ0n) is 15.3. The summed E-state index contributed by atoms with van der Waals surface area (Å²) in [6, 6.07) is 7.83. The molecule has 0 aliphatic carbocycles. The van der Waals surface area contributed by atoms with Crippen LogP contribution in [0.4, 0.5) is 5.69 Å². The van der Waals surface area contributed by atoms with Gasteiger partial charge in [0.05, 0.1) is 5.69 Å². The van der Waals surface area contributed by atoms with Crippen LogP contribution < -0.4 is 5.73 Å². The molecule has 0 radical (unpaired) electrons. The first-order valence-corrected chi connectivity index (χ1v) is 10.7. The SMILES string of the molecule is CC(C)N1CCN(C2CCN(S(=O)(=O)c3ccccc3N)CC2)CC1. The minimum absolute atomic E-state index is 0.235. The molecule has 0 saturated carbocycles. The lowest BCUT2D eigenvalue weighted by atomic mass is 10.0. The van der Waals surface area contributed by atoms with Crippen molar-refractivity contribution in [3.05, 3.63) is 24.3 Å². The van der Waals surface area contributed by atoms with Crippen LogP contribution in [0.1, 0.15) is 26.7 Å². The third-order valence-electron chi connectivity index (χ3n) is 5.56. The molecule has 2 saturated heterocycles. The molecule has 2 N–H and O–H groups in total. The summed E-state index contributed by atoms with van der Waals surface area (Å²) in [7, 11) is -3.49. The monoisotopic (exact) mass is 366 g/mol. The number of sulfonamides is 1. The highest BCUT2D eigenvalue weighted by atomic mass is 32.2. The van der Waals surface area contributed by atoms with Gasteiger partial charge in [-0.1, -0.05) is 12.1 Å². The Kier molecular flexibility index (Phi) is 5.68. The molecule has 7 heteroatoms. The second-order valence-electron chi connectivity index (χ2n) is 7.34. The molecule has 2 heterocycles. The van der Waals surface area contributed by atoms with Crippen LogP contribution in [0.25, 0.3) is 0 Å². The topological polar surface area (TPSA) is 69.9 Å². The van der Waals surface area contributed by atoms with Crippen molar-refractivity contribution in [3.8, 4) is 0 Å². The number of piperazine rings is 1. The fourth-order valence-corrected chi connectivity index (χ4v) is 5.51. The van der Waals surface area contributed by atoms with E-state index >= 15 is 0 Å². The van der Waals surface area contributed by atoms with Crippen LogP contribution >= 0.6 is 0 Å². The van der Waals surface area contributed by atoms with Gasteiger partial charge in [-0.15, -0.1) is 0 Å². The largest absolute Gasteiger partial charge is 0.398 e. The van der Waals surface area contributed by atoms with Gasteiger partial charge >= 0.3 is 0 Å².